The van der Waals surface area contributed by atoms with E-state index in [4.69, 9.17) is 15.9 Å². The number of aliphatic carboxylic acids is 1. The number of carboxylic acid groups (broad SMARTS) is 1. The minimum Gasteiger partial charge on any atom is -0.508 e. The van der Waals surface area contributed by atoms with E-state index in [0.29, 0.717) is 0 Å². The molecular formula is C9H11NO3Zn+2. The Morgan fingerprint density at radius 3 is 2.29 bits per heavy atom. The van der Waals surface area contributed by atoms with E-state index in [0.717, 1.165) is 5.56 Å². The van der Waals surface area contributed by atoms with Crippen LogP contribution in [0.15, 0.2) is 24.3 Å². The molecule has 1 aromatic carbocycles. The zero-order chi connectivity index (χ0) is 9.84. The van der Waals surface area contributed by atoms with Crippen molar-refractivity contribution in [3.05, 3.63) is 29.8 Å². The molecule has 0 aliphatic heterocycles. The molecule has 0 aromatic heterocycles. The van der Waals surface area contributed by atoms with E-state index in [2.05, 4.69) is 0 Å². The smallest absolute Gasteiger partial charge is 0.508 e. The first-order chi connectivity index (χ1) is 6.09. The number of nitrogens with two attached hydrogens (primary N) is 1. The van der Waals surface area contributed by atoms with Gasteiger partial charge in [0, 0.05) is 0 Å². The summed E-state index contributed by atoms with van der Waals surface area (Å²) >= 11 is 0. The average Bonchev–Trinajstić information content (AvgIpc) is 2.08. The van der Waals surface area contributed by atoms with Gasteiger partial charge in [-0.05, 0) is 24.1 Å². The molecule has 0 radical (unpaired) electrons. The van der Waals surface area contributed by atoms with Gasteiger partial charge in [0.2, 0.25) is 0 Å². The van der Waals surface area contributed by atoms with Gasteiger partial charge in [-0.15, -0.1) is 0 Å². The minimum absolute atomic E-state index is 0. The molecule has 0 aliphatic carbocycles. The third-order valence-electron chi connectivity index (χ3n) is 1.71. The van der Waals surface area contributed by atoms with Crippen LogP contribution < -0.4 is 5.73 Å². The van der Waals surface area contributed by atoms with Gasteiger partial charge in [0.15, 0.2) is 0 Å². The van der Waals surface area contributed by atoms with Crippen molar-refractivity contribution in [3.8, 4) is 5.75 Å². The summed E-state index contributed by atoms with van der Waals surface area (Å²) in [6.45, 7) is 0. The number of phenols is 1. The number of carbonyl (C=O) groups is 1. The molecule has 0 fully saturated rings. The maximum atomic E-state index is 10.4. The van der Waals surface area contributed by atoms with Crippen molar-refractivity contribution < 1.29 is 34.5 Å². The number of hydrogen-bond donors (Lipinski definition) is 3. The summed E-state index contributed by atoms with van der Waals surface area (Å²) in [5, 5.41) is 17.5. The monoisotopic (exact) mass is 245 g/mol. The van der Waals surface area contributed by atoms with Crippen molar-refractivity contribution in [1.29, 1.82) is 0 Å². The van der Waals surface area contributed by atoms with Crippen molar-refractivity contribution in [2.75, 3.05) is 0 Å². The van der Waals surface area contributed by atoms with E-state index in [1.165, 1.54) is 12.1 Å². The van der Waals surface area contributed by atoms with Crippen LogP contribution in [0.3, 0.4) is 0 Å². The molecule has 0 saturated carbocycles. The van der Waals surface area contributed by atoms with E-state index in [9.17, 15) is 4.79 Å². The quantitative estimate of drug-likeness (QED) is 0.672. The van der Waals surface area contributed by atoms with Crippen LogP contribution in [-0.2, 0) is 30.7 Å². The van der Waals surface area contributed by atoms with Crippen LogP contribution in [0.25, 0.3) is 0 Å². The standard InChI is InChI=1S/C9H11NO3.Zn/c10-8(9(12)13)5-6-1-3-7(11)4-2-6;/h1-4,8,11H,5,10H2,(H,12,13);/q;+2. The van der Waals surface area contributed by atoms with E-state index in [1.807, 2.05) is 0 Å². The number of hydrogen-bond acceptors (Lipinski definition) is 3. The summed E-state index contributed by atoms with van der Waals surface area (Å²) in [5.74, 6) is -0.860. The normalized spacial score (nSPS) is 11.5. The van der Waals surface area contributed by atoms with Crippen LogP contribution in [0.4, 0.5) is 0 Å². The number of benzene rings is 1. The molecule has 1 aromatic rings. The summed E-state index contributed by atoms with van der Waals surface area (Å²) < 4.78 is 0. The summed E-state index contributed by atoms with van der Waals surface area (Å²) in [4.78, 5) is 10.4. The maximum absolute atomic E-state index is 10.4. The van der Waals surface area contributed by atoms with E-state index >= 15 is 0 Å². The fourth-order valence-electron chi connectivity index (χ4n) is 0.973. The predicted molar refractivity (Wildman–Crippen MR) is 47.4 cm³/mol. The Kier molecular flexibility index (Phi) is 5.35. The Balaban J connectivity index is 0.00000169. The van der Waals surface area contributed by atoms with Crippen LogP contribution in [0, 0.1) is 0 Å². The van der Waals surface area contributed by atoms with Gasteiger partial charge < -0.3 is 15.9 Å². The molecule has 1 atom stereocenters. The average molecular weight is 247 g/mol. The Morgan fingerprint density at radius 1 is 1.36 bits per heavy atom. The summed E-state index contributed by atoms with van der Waals surface area (Å²) in [6.07, 6.45) is 0.273. The van der Waals surface area contributed by atoms with Gasteiger partial charge >= 0.3 is 25.4 Å². The van der Waals surface area contributed by atoms with E-state index < -0.39 is 12.0 Å². The zero-order valence-electron chi connectivity index (χ0n) is 7.68. The molecule has 0 spiro atoms. The molecule has 14 heavy (non-hydrogen) atoms. The Bertz CT molecular complexity index is 299. The van der Waals surface area contributed by atoms with Crippen LogP contribution >= 0.6 is 0 Å². The van der Waals surface area contributed by atoms with E-state index in [1.54, 1.807) is 12.1 Å². The largest absolute Gasteiger partial charge is 2.00 e. The van der Waals surface area contributed by atoms with Crippen molar-refractivity contribution in [1.82, 2.24) is 0 Å². The number of carboxylic acids is 1. The molecule has 1 rings (SSSR count). The molecule has 70 valence electrons. The van der Waals surface area contributed by atoms with Gasteiger partial charge in [0.25, 0.3) is 0 Å². The first-order valence-electron chi connectivity index (χ1n) is 3.86. The minimum atomic E-state index is -1.02. The van der Waals surface area contributed by atoms with Crippen LogP contribution in [0.1, 0.15) is 5.56 Å². The Labute approximate surface area is 94.5 Å². The third kappa shape index (κ3) is 3.85. The molecule has 0 saturated heterocycles. The molecule has 4 nitrogen and oxygen atoms in total. The van der Waals surface area contributed by atoms with Crippen molar-refractivity contribution in [2.45, 2.75) is 12.5 Å². The first kappa shape index (κ1) is 13.1. The summed E-state index contributed by atoms with van der Waals surface area (Å²) in [6, 6.07) is 5.42. The molecule has 1 unspecified atom stereocenters. The van der Waals surface area contributed by atoms with Gasteiger partial charge in [-0.25, -0.2) is 0 Å². The second-order valence-electron chi connectivity index (χ2n) is 2.82. The molecule has 0 bridgehead atoms. The molecule has 0 aliphatic rings. The van der Waals surface area contributed by atoms with E-state index in [-0.39, 0.29) is 31.6 Å². The van der Waals surface area contributed by atoms with Gasteiger partial charge in [-0.2, -0.15) is 0 Å². The fourth-order valence-corrected chi connectivity index (χ4v) is 0.973. The first-order valence-corrected chi connectivity index (χ1v) is 3.86. The molecule has 4 N–H and O–H groups in total. The molecular weight excluding hydrogens is 235 g/mol. The topological polar surface area (TPSA) is 83.5 Å². The number of aromatic hydroxyl groups is 1. The van der Waals surface area contributed by atoms with Crippen molar-refractivity contribution >= 4 is 5.97 Å². The van der Waals surface area contributed by atoms with Crippen LogP contribution in [0.5, 0.6) is 5.75 Å². The summed E-state index contributed by atoms with van der Waals surface area (Å²) in [7, 11) is 0. The third-order valence-corrected chi connectivity index (χ3v) is 1.71. The fraction of sp³-hybridized carbons (Fsp3) is 0.222. The summed E-state index contributed by atoms with van der Waals surface area (Å²) in [5.41, 5.74) is 6.12. The number of rotatable bonds is 3. The van der Waals surface area contributed by atoms with Crippen molar-refractivity contribution in [2.24, 2.45) is 5.73 Å². The molecule has 0 heterocycles. The van der Waals surface area contributed by atoms with Crippen LogP contribution in [-0.4, -0.2) is 22.2 Å². The second kappa shape index (κ2) is 5.73. The second-order valence-corrected chi connectivity index (χ2v) is 2.82. The number of phenolic OH excluding ortho intramolecular Hbond substituents is 1. The predicted octanol–water partition coefficient (Wildman–Crippen LogP) is 0.344. The van der Waals surface area contributed by atoms with Gasteiger partial charge in [-0.3, -0.25) is 4.79 Å². The van der Waals surface area contributed by atoms with Gasteiger partial charge in [0.05, 0.1) is 0 Å². The van der Waals surface area contributed by atoms with Gasteiger partial charge in [0.1, 0.15) is 11.8 Å². The maximum Gasteiger partial charge on any atom is 2.00 e. The SMILES string of the molecule is NC(Cc1ccc(O)cc1)C(=O)O.[Zn+2]. The molecule has 0 amide bonds. The van der Waals surface area contributed by atoms with Gasteiger partial charge in [-0.1, -0.05) is 12.1 Å². The van der Waals surface area contributed by atoms with Crippen LogP contribution in [0.2, 0.25) is 0 Å². The Hall–Kier alpha value is -0.927. The Morgan fingerprint density at radius 2 is 1.86 bits per heavy atom. The van der Waals surface area contributed by atoms with Crippen molar-refractivity contribution in [3.63, 3.8) is 0 Å². The zero-order valence-corrected chi connectivity index (χ0v) is 10.6. The molecule has 5 heteroatoms.